The molecule has 0 fully saturated rings. The van der Waals surface area contributed by atoms with Crippen LogP contribution in [0.5, 0.6) is 5.75 Å². The molecule has 0 saturated carbocycles. The highest BCUT2D eigenvalue weighted by molar-refractivity contribution is 5.43. The lowest BCUT2D eigenvalue weighted by Gasteiger charge is -2.26. The average Bonchev–Trinajstić information content (AvgIpc) is 2.44. The third-order valence-electron chi connectivity index (χ3n) is 3.49. The van der Waals surface area contributed by atoms with Crippen LogP contribution in [0.1, 0.15) is 25.0 Å². The van der Waals surface area contributed by atoms with Gasteiger partial charge in [0.2, 0.25) is 0 Å². The number of hydrogen-bond acceptors (Lipinski definition) is 6. The Labute approximate surface area is 129 Å². The first kappa shape index (κ1) is 16.5. The van der Waals surface area contributed by atoms with Crippen molar-refractivity contribution in [2.45, 2.75) is 44.9 Å². The standard InChI is InChI=1S/C15H22N2O5/c1-10(2)16-8-13(18)6-11-4-3-5-12-7-14(22-17(19)20)9-21-15(11)12/h3-5,10,13-14,16,18H,6-9H2,1-2H3/t13-,14+/m0/s1. The Kier molecular flexibility index (Phi) is 5.57. The average molecular weight is 310 g/mol. The molecule has 0 unspecified atom stereocenters. The molecule has 0 aromatic heterocycles. The van der Waals surface area contributed by atoms with Gasteiger partial charge in [0.1, 0.15) is 18.5 Å². The van der Waals surface area contributed by atoms with Crippen LogP contribution >= 0.6 is 0 Å². The van der Waals surface area contributed by atoms with E-state index in [0.29, 0.717) is 31.2 Å². The fraction of sp³-hybridized carbons (Fsp3) is 0.600. The highest BCUT2D eigenvalue weighted by Crippen LogP contribution is 2.30. The highest BCUT2D eigenvalue weighted by atomic mass is 17.0. The molecule has 122 valence electrons. The molecule has 1 aliphatic rings. The Balaban J connectivity index is 2.02. The van der Waals surface area contributed by atoms with E-state index in [0.717, 1.165) is 11.1 Å². The Morgan fingerprint density at radius 2 is 2.32 bits per heavy atom. The summed E-state index contributed by atoms with van der Waals surface area (Å²) >= 11 is 0. The molecule has 7 heteroatoms. The van der Waals surface area contributed by atoms with Gasteiger partial charge in [-0.05, 0) is 11.1 Å². The maximum Gasteiger partial charge on any atom is 0.294 e. The topological polar surface area (TPSA) is 93.9 Å². The maximum atomic E-state index is 10.4. The van der Waals surface area contributed by atoms with Gasteiger partial charge < -0.3 is 20.0 Å². The van der Waals surface area contributed by atoms with Gasteiger partial charge in [-0.3, -0.25) is 0 Å². The third-order valence-corrected chi connectivity index (χ3v) is 3.49. The lowest BCUT2D eigenvalue weighted by atomic mass is 9.98. The zero-order valence-electron chi connectivity index (χ0n) is 12.8. The summed E-state index contributed by atoms with van der Waals surface area (Å²) in [6.07, 6.45) is -0.177. The predicted octanol–water partition coefficient (Wildman–Crippen LogP) is 1.10. The quantitative estimate of drug-likeness (QED) is 0.578. The number of benzene rings is 1. The van der Waals surface area contributed by atoms with Crippen molar-refractivity contribution in [2.24, 2.45) is 0 Å². The van der Waals surface area contributed by atoms with Gasteiger partial charge in [-0.1, -0.05) is 32.0 Å². The molecule has 2 rings (SSSR count). The van der Waals surface area contributed by atoms with E-state index in [-0.39, 0.29) is 6.61 Å². The summed E-state index contributed by atoms with van der Waals surface area (Å²) in [4.78, 5) is 15.0. The first-order valence-electron chi connectivity index (χ1n) is 7.42. The second-order valence-corrected chi connectivity index (χ2v) is 5.79. The minimum absolute atomic E-state index is 0.144. The molecule has 7 nitrogen and oxygen atoms in total. The van der Waals surface area contributed by atoms with Crippen molar-refractivity contribution in [3.05, 3.63) is 39.4 Å². The molecule has 1 heterocycles. The van der Waals surface area contributed by atoms with Crippen LogP contribution in [-0.4, -0.2) is 41.6 Å². The first-order valence-corrected chi connectivity index (χ1v) is 7.42. The van der Waals surface area contributed by atoms with Crippen LogP contribution in [0.15, 0.2) is 18.2 Å². The fourth-order valence-electron chi connectivity index (χ4n) is 2.51. The molecule has 2 atom stereocenters. The second-order valence-electron chi connectivity index (χ2n) is 5.79. The van der Waals surface area contributed by atoms with E-state index in [9.17, 15) is 15.2 Å². The van der Waals surface area contributed by atoms with Crippen LogP contribution in [0.2, 0.25) is 0 Å². The molecule has 1 aliphatic heterocycles. The van der Waals surface area contributed by atoms with Crippen LogP contribution in [0, 0.1) is 10.1 Å². The lowest BCUT2D eigenvalue weighted by Crippen LogP contribution is -2.34. The van der Waals surface area contributed by atoms with Crippen molar-refractivity contribution in [2.75, 3.05) is 13.2 Å². The van der Waals surface area contributed by atoms with Crippen LogP contribution < -0.4 is 10.1 Å². The number of ether oxygens (including phenoxy) is 1. The molecule has 0 amide bonds. The van der Waals surface area contributed by atoms with E-state index in [2.05, 4.69) is 10.2 Å². The monoisotopic (exact) mass is 310 g/mol. The summed E-state index contributed by atoms with van der Waals surface area (Å²) in [6, 6.07) is 5.96. The SMILES string of the molecule is CC(C)NC[C@@H](O)Cc1cccc2c1OC[C@H](O[N+](=O)[O-])C2. The first-order chi connectivity index (χ1) is 10.5. The summed E-state index contributed by atoms with van der Waals surface area (Å²) in [5.74, 6) is 0.717. The minimum atomic E-state index is -0.787. The molecule has 22 heavy (non-hydrogen) atoms. The van der Waals surface area contributed by atoms with E-state index in [4.69, 9.17) is 4.74 Å². The smallest absolute Gasteiger partial charge is 0.294 e. The molecule has 2 N–H and O–H groups in total. The number of rotatable bonds is 7. The van der Waals surface area contributed by atoms with Crippen molar-refractivity contribution < 1.29 is 19.8 Å². The summed E-state index contributed by atoms with van der Waals surface area (Å²) in [7, 11) is 0. The second kappa shape index (κ2) is 7.42. The van der Waals surface area contributed by atoms with Crippen molar-refractivity contribution >= 4 is 0 Å². The molecular weight excluding hydrogens is 288 g/mol. The van der Waals surface area contributed by atoms with Gasteiger partial charge in [0.05, 0.1) is 6.10 Å². The molecule has 0 aliphatic carbocycles. The minimum Gasteiger partial charge on any atom is -0.491 e. The highest BCUT2D eigenvalue weighted by Gasteiger charge is 2.25. The summed E-state index contributed by atoms with van der Waals surface area (Å²) < 4.78 is 5.63. The predicted molar refractivity (Wildman–Crippen MR) is 80.4 cm³/mol. The molecule has 0 saturated heterocycles. The normalized spacial score (nSPS) is 18.5. The molecule has 0 spiro atoms. The van der Waals surface area contributed by atoms with E-state index >= 15 is 0 Å². The summed E-state index contributed by atoms with van der Waals surface area (Å²) in [5.41, 5.74) is 1.79. The van der Waals surface area contributed by atoms with Crippen molar-refractivity contribution in [1.29, 1.82) is 0 Å². The van der Waals surface area contributed by atoms with E-state index in [1.807, 2.05) is 32.0 Å². The van der Waals surface area contributed by atoms with Crippen LogP contribution in [0.25, 0.3) is 0 Å². The van der Waals surface area contributed by atoms with E-state index in [1.165, 1.54) is 0 Å². The van der Waals surface area contributed by atoms with Gasteiger partial charge in [0.15, 0.2) is 0 Å². The fourth-order valence-corrected chi connectivity index (χ4v) is 2.51. The van der Waals surface area contributed by atoms with Gasteiger partial charge >= 0.3 is 0 Å². The molecule has 0 bridgehead atoms. The Hall–Kier alpha value is -1.86. The number of para-hydroxylation sites is 1. The largest absolute Gasteiger partial charge is 0.491 e. The van der Waals surface area contributed by atoms with Crippen LogP contribution in [0.3, 0.4) is 0 Å². The number of aliphatic hydroxyl groups excluding tert-OH is 1. The molecule has 1 aromatic rings. The summed E-state index contributed by atoms with van der Waals surface area (Å²) in [6.45, 7) is 4.70. The number of nitrogens with zero attached hydrogens (tertiary/aromatic N) is 1. The van der Waals surface area contributed by atoms with Crippen LogP contribution in [0.4, 0.5) is 0 Å². The number of hydrogen-bond donors (Lipinski definition) is 2. The van der Waals surface area contributed by atoms with Gasteiger partial charge in [-0.15, -0.1) is 10.1 Å². The molecule has 1 aromatic carbocycles. The van der Waals surface area contributed by atoms with Gasteiger partial charge in [0, 0.05) is 25.4 Å². The Bertz CT molecular complexity index is 521. The van der Waals surface area contributed by atoms with Crippen molar-refractivity contribution in [3.8, 4) is 5.75 Å². The van der Waals surface area contributed by atoms with Gasteiger partial charge in [-0.25, -0.2) is 0 Å². The lowest BCUT2D eigenvalue weighted by molar-refractivity contribution is -0.769. The van der Waals surface area contributed by atoms with E-state index in [1.54, 1.807) is 0 Å². The summed E-state index contributed by atoms with van der Waals surface area (Å²) in [5, 5.41) is 22.9. The maximum absolute atomic E-state index is 10.4. The zero-order chi connectivity index (χ0) is 16.1. The van der Waals surface area contributed by atoms with Crippen molar-refractivity contribution in [1.82, 2.24) is 5.32 Å². The van der Waals surface area contributed by atoms with Crippen LogP contribution in [-0.2, 0) is 17.7 Å². The molecule has 0 radical (unpaired) electrons. The Morgan fingerprint density at radius 3 is 3.00 bits per heavy atom. The number of fused-ring (bicyclic) bond motifs is 1. The third kappa shape index (κ3) is 4.57. The number of nitrogens with one attached hydrogen (secondary N) is 1. The molecular formula is C15H22N2O5. The Morgan fingerprint density at radius 1 is 1.55 bits per heavy atom. The van der Waals surface area contributed by atoms with Crippen molar-refractivity contribution in [3.63, 3.8) is 0 Å². The van der Waals surface area contributed by atoms with Gasteiger partial charge in [0.25, 0.3) is 5.09 Å². The van der Waals surface area contributed by atoms with Gasteiger partial charge in [-0.2, -0.15) is 0 Å². The van der Waals surface area contributed by atoms with E-state index < -0.39 is 17.3 Å². The zero-order valence-corrected chi connectivity index (χ0v) is 12.8. The number of aliphatic hydroxyl groups is 1.